The number of aliphatic hydroxyl groups is 1. The first-order chi connectivity index (χ1) is 7.02. The van der Waals surface area contributed by atoms with Crippen molar-refractivity contribution in [1.29, 1.82) is 0 Å². The second-order valence-electron chi connectivity index (χ2n) is 3.82. The van der Waals surface area contributed by atoms with Gasteiger partial charge in [-0.2, -0.15) is 9.61 Å². The van der Waals surface area contributed by atoms with Gasteiger partial charge in [0.1, 0.15) is 5.01 Å². The zero-order chi connectivity index (χ0) is 11.1. The van der Waals surface area contributed by atoms with E-state index in [2.05, 4.69) is 15.3 Å². The van der Waals surface area contributed by atoms with Crippen LogP contribution in [-0.4, -0.2) is 37.1 Å². The van der Waals surface area contributed by atoms with Crippen LogP contribution < -0.4 is 5.73 Å². The molecule has 2 heterocycles. The van der Waals surface area contributed by atoms with Crippen LogP contribution in [0, 0.1) is 6.92 Å². The SMILES string of the molecule is Cc1nnc2sc(CC(C)(O)CN)nn12. The van der Waals surface area contributed by atoms with Crippen molar-refractivity contribution in [3.05, 3.63) is 10.8 Å². The highest BCUT2D eigenvalue weighted by molar-refractivity contribution is 7.16. The lowest BCUT2D eigenvalue weighted by Gasteiger charge is -2.18. The first-order valence-corrected chi connectivity index (χ1v) is 5.44. The summed E-state index contributed by atoms with van der Waals surface area (Å²) in [6.07, 6.45) is 0.441. The van der Waals surface area contributed by atoms with Crippen LogP contribution in [0.25, 0.3) is 4.96 Å². The van der Waals surface area contributed by atoms with Crippen molar-refractivity contribution in [3.8, 4) is 0 Å². The molecule has 0 spiro atoms. The molecule has 0 radical (unpaired) electrons. The fourth-order valence-electron chi connectivity index (χ4n) is 1.22. The van der Waals surface area contributed by atoms with Crippen molar-refractivity contribution in [1.82, 2.24) is 19.8 Å². The summed E-state index contributed by atoms with van der Waals surface area (Å²) < 4.78 is 1.67. The summed E-state index contributed by atoms with van der Waals surface area (Å²) in [5.41, 5.74) is 4.54. The second kappa shape index (κ2) is 3.51. The van der Waals surface area contributed by atoms with E-state index in [1.165, 1.54) is 11.3 Å². The maximum Gasteiger partial charge on any atom is 0.234 e. The maximum atomic E-state index is 9.80. The van der Waals surface area contributed by atoms with Crippen molar-refractivity contribution in [2.45, 2.75) is 25.9 Å². The Hall–Kier alpha value is -1.05. The van der Waals surface area contributed by atoms with E-state index in [4.69, 9.17) is 5.73 Å². The Kier molecular flexibility index (Phi) is 2.45. The van der Waals surface area contributed by atoms with Crippen LogP contribution in [0.3, 0.4) is 0 Å². The summed E-state index contributed by atoms with van der Waals surface area (Å²) in [5, 5.41) is 22.8. The van der Waals surface area contributed by atoms with Gasteiger partial charge in [-0.1, -0.05) is 11.3 Å². The first kappa shape index (κ1) is 10.5. The van der Waals surface area contributed by atoms with Crippen LogP contribution in [0.15, 0.2) is 0 Å². The highest BCUT2D eigenvalue weighted by atomic mass is 32.1. The number of rotatable bonds is 3. The molecule has 2 aromatic rings. The summed E-state index contributed by atoms with van der Waals surface area (Å²) in [4.78, 5) is 0.746. The minimum atomic E-state index is -0.906. The van der Waals surface area contributed by atoms with Crippen molar-refractivity contribution < 1.29 is 5.11 Å². The Labute approximate surface area is 90.7 Å². The summed E-state index contributed by atoms with van der Waals surface area (Å²) in [6.45, 7) is 3.75. The molecule has 82 valence electrons. The van der Waals surface area contributed by atoms with Gasteiger partial charge in [-0.3, -0.25) is 0 Å². The molecule has 0 aliphatic heterocycles. The molecular weight excluding hydrogens is 214 g/mol. The van der Waals surface area contributed by atoms with Gasteiger partial charge in [-0.15, -0.1) is 10.2 Å². The number of hydrogen-bond acceptors (Lipinski definition) is 6. The molecule has 0 amide bonds. The van der Waals surface area contributed by atoms with Crippen LogP contribution in [0.1, 0.15) is 17.8 Å². The number of fused-ring (bicyclic) bond motifs is 1. The van der Waals surface area contributed by atoms with E-state index >= 15 is 0 Å². The first-order valence-electron chi connectivity index (χ1n) is 4.62. The topological polar surface area (TPSA) is 89.3 Å². The zero-order valence-corrected chi connectivity index (χ0v) is 9.45. The van der Waals surface area contributed by atoms with Gasteiger partial charge >= 0.3 is 0 Å². The molecule has 2 rings (SSSR count). The van der Waals surface area contributed by atoms with E-state index in [0.29, 0.717) is 6.42 Å². The van der Waals surface area contributed by atoms with Crippen LogP contribution in [0.2, 0.25) is 0 Å². The van der Waals surface area contributed by atoms with Crippen LogP contribution in [0.4, 0.5) is 0 Å². The Morgan fingerprint density at radius 2 is 2.27 bits per heavy atom. The normalized spacial score (nSPS) is 15.7. The fourth-order valence-corrected chi connectivity index (χ4v) is 2.28. The molecule has 0 saturated heterocycles. The third-order valence-corrected chi connectivity index (χ3v) is 3.06. The van der Waals surface area contributed by atoms with E-state index in [-0.39, 0.29) is 6.54 Å². The van der Waals surface area contributed by atoms with E-state index < -0.39 is 5.60 Å². The second-order valence-corrected chi connectivity index (χ2v) is 4.86. The molecule has 7 heteroatoms. The smallest absolute Gasteiger partial charge is 0.234 e. The van der Waals surface area contributed by atoms with E-state index in [0.717, 1.165) is 15.8 Å². The average molecular weight is 227 g/mol. The van der Waals surface area contributed by atoms with E-state index in [1.54, 1.807) is 11.4 Å². The van der Waals surface area contributed by atoms with Gasteiger partial charge in [-0.05, 0) is 13.8 Å². The van der Waals surface area contributed by atoms with Gasteiger partial charge in [0.15, 0.2) is 5.82 Å². The molecular formula is C8H13N5OS. The predicted molar refractivity (Wildman–Crippen MR) is 56.8 cm³/mol. The van der Waals surface area contributed by atoms with Gasteiger partial charge in [0.2, 0.25) is 4.96 Å². The number of aromatic nitrogens is 4. The van der Waals surface area contributed by atoms with Crippen molar-refractivity contribution >= 4 is 16.3 Å². The third kappa shape index (κ3) is 1.99. The van der Waals surface area contributed by atoms with Crippen molar-refractivity contribution in [2.24, 2.45) is 5.73 Å². The van der Waals surface area contributed by atoms with Gasteiger partial charge < -0.3 is 10.8 Å². The zero-order valence-electron chi connectivity index (χ0n) is 8.64. The Bertz CT molecular complexity index is 474. The van der Waals surface area contributed by atoms with Crippen molar-refractivity contribution in [3.63, 3.8) is 0 Å². The minimum absolute atomic E-state index is 0.214. The van der Waals surface area contributed by atoms with Crippen LogP contribution in [0.5, 0.6) is 0 Å². The molecule has 0 bridgehead atoms. The Morgan fingerprint density at radius 3 is 2.87 bits per heavy atom. The highest BCUT2D eigenvalue weighted by Crippen LogP contribution is 2.18. The molecule has 15 heavy (non-hydrogen) atoms. The highest BCUT2D eigenvalue weighted by Gasteiger charge is 2.21. The summed E-state index contributed by atoms with van der Waals surface area (Å²) in [7, 11) is 0. The van der Waals surface area contributed by atoms with Crippen LogP contribution in [-0.2, 0) is 6.42 Å². The monoisotopic (exact) mass is 227 g/mol. The summed E-state index contributed by atoms with van der Waals surface area (Å²) in [5.74, 6) is 0.750. The molecule has 1 atom stereocenters. The lowest BCUT2D eigenvalue weighted by atomic mass is 10.0. The van der Waals surface area contributed by atoms with Gasteiger partial charge in [0.25, 0.3) is 0 Å². The lowest BCUT2D eigenvalue weighted by Crippen LogP contribution is -2.36. The minimum Gasteiger partial charge on any atom is -0.388 e. The summed E-state index contributed by atoms with van der Waals surface area (Å²) >= 11 is 1.42. The van der Waals surface area contributed by atoms with E-state index in [9.17, 15) is 5.11 Å². The fraction of sp³-hybridized carbons (Fsp3) is 0.625. The largest absolute Gasteiger partial charge is 0.388 e. The quantitative estimate of drug-likeness (QED) is 0.754. The number of nitrogens with zero attached hydrogens (tertiary/aromatic N) is 4. The predicted octanol–water partition coefficient (Wildman–Crippen LogP) is -0.254. The molecule has 0 aliphatic carbocycles. The molecule has 0 aromatic carbocycles. The summed E-state index contributed by atoms with van der Waals surface area (Å²) in [6, 6.07) is 0. The van der Waals surface area contributed by atoms with Crippen molar-refractivity contribution in [2.75, 3.05) is 6.54 Å². The molecule has 2 aromatic heterocycles. The molecule has 0 saturated carbocycles. The number of aryl methyl sites for hydroxylation is 1. The van der Waals surface area contributed by atoms with Gasteiger partial charge in [0, 0.05) is 13.0 Å². The third-order valence-electron chi connectivity index (χ3n) is 2.16. The molecule has 0 aliphatic rings. The maximum absolute atomic E-state index is 9.80. The lowest BCUT2D eigenvalue weighted by molar-refractivity contribution is 0.0693. The molecule has 0 fully saturated rings. The molecule has 1 unspecified atom stereocenters. The standard InChI is InChI=1S/C8H13N5OS/c1-5-10-11-7-13(5)12-6(15-7)3-8(2,14)4-9/h14H,3-4,9H2,1-2H3. The van der Waals surface area contributed by atoms with Gasteiger partial charge in [0.05, 0.1) is 5.60 Å². The Morgan fingerprint density at radius 1 is 1.53 bits per heavy atom. The Balaban J connectivity index is 2.29. The molecule has 3 N–H and O–H groups in total. The molecule has 6 nitrogen and oxygen atoms in total. The van der Waals surface area contributed by atoms with E-state index in [1.807, 2.05) is 6.92 Å². The van der Waals surface area contributed by atoms with Gasteiger partial charge in [-0.25, -0.2) is 0 Å². The average Bonchev–Trinajstić information content (AvgIpc) is 2.69. The number of hydrogen-bond donors (Lipinski definition) is 2. The number of nitrogens with two attached hydrogens (primary N) is 1. The van der Waals surface area contributed by atoms with Crippen LogP contribution >= 0.6 is 11.3 Å².